The van der Waals surface area contributed by atoms with E-state index in [9.17, 15) is 0 Å². The summed E-state index contributed by atoms with van der Waals surface area (Å²) in [5.41, 5.74) is 6.70. The molecule has 2 N–H and O–H groups in total. The van der Waals surface area contributed by atoms with Crippen molar-refractivity contribution in [3.05, 3.63) is 18.0 Å². The van der Waals surface area contributed by atoms with Crippen LogP contribution in [0.3, 0.4) is 0 Å². The van der Waals surface area contributed by atoms with Crippen molar-refractivity contribution in [2.24, 2.45) is 5.73 Å². The lowest BCUT2D eigenvalue weighted by Crippen LogP contribution is -2.05. The standard InChI is InChI=1S/C9H17N3/c1-8(2)9-6-11-12(7-9)5-3-4-10/h6-8H,3-5,10H2,1-2H3. The Bertz CT molecular complexity index is 227. The van der Waals surface area contributed by atoms with E-state index in [1.807, 2.05) is 10.9 Å². The minimum absolute atomic E-state index is 0.566. The van der Waals surface area contributed by atoms with Gasteiger partial charge in [-0.1, -0.05) is 13.8 Å². The van der Waals surface area contributed by atoms with E-state index < -0.39 is 0 Å². The fourth-order valence-electron chi connectivity index (χ4n) is 1.05. The lowest BCUT2D eigenvalue weighted by atomic mass is 10.1. The number of aryl methyl sites for hydroxylation is 1. The van der Waals surface area contributed by atoms with Crippen molar-refractivity contribution < 1.29 is 0 Å². The average molecular weight is 167 g/mol. The maximum absolute atomic E-state index is 5.40. The Morgan fingerprint density at radius 2 is 2.33 bits per heavy atom. The Morgan fingerprint density at radius 3 is 2.83 bits per heavy atom. The highest BCUT2D eigenvalue weighted by Gasteiger charge is 2.01. The van der Waals surface area contributed by atoms with E-state index >= 15 is 0 Å². The summed E-state index contributed by atoms with van der Waals surface area (Å²) in [6, 6.07) is 0. The number of hydrogen-bond acceptors (Lipinski definition) is 2. The van der Waals surface area contributed by atoms with Crippen molar-refractivity contribution in [1.82, 2.24) is 9.78 Å². The van der Waals surface area contributed by atoms with Crippen LogP contribution < -0.4 is 5.73 Å². The van der Waals surface area contributed by atoms with E-state index in [-0.39, 0.29) is 0 Å². The van der Waals surface area contributed by atoms with E-state index in [1.54, 1.807) is 0 Å². The Morgan fingerprint density at radius 1 is 1.58 bits per heavy atom. The number of nitrogens with two attached hydrogens (primary N) is 1. The number of aromatic nitrogens is 2. The zero-order chi connectivity index (χ0) is 8.97. The number of rotatable bonds is 4. The van der Waals surface area contributed by atoms with Crippen LogP contribution in [0.5, 0.6) is 0 Å². The molecule has 0 aromatic carbocycles. The summed E-state index contributed by atoms with van der Waals surface area (Å²) >= 11 is 0. The van der Waals surface area contributed by atoms with Gasteiger partial charge in [0.2, 0.25) is 0 Å². The molecule has 0 saturated heterocycles. The zero-order valence-electron chi connectivity index (χ0n) is 7.83. The van der Waals surface area contributed by atoms with Crippen LogP contribution in [0.2, 0.25) is 0 Å². The monoisotopic (exact) mass is 167 g/mol. The smallest absolute Gasteiger partial charge is 0.0524 e. The average Bonchev–Trinajstić information content (AvgIpc) is 2.48. The highest BCUT2D eigenvalue weighted by molar-refractivity contribution is 5.08. The van der Waals surface area contributed by atoms with Crippen LogP contribution in [0, 0.1) is 0 Å². The van der Waals surface area contributed by atoms with Gasteiger partial charge in [0, 0.05) is 12.7 Å². The molecule has 0 atom stereocenters. The van der Waals surface area contributed by atoms with E-state index in [1.165, 1.54) is 5.56 Å². The summed E-state index contributed by atoms with van der Waals surface area (Å²) in [4.78, 5) is 0. The van der Waals surface area contributed by atoms with Crippen molar-refractivity contribution in [1.29, 1.82) is 0 Å². The molecule has 0 radical (unpaired) electrons. The Balaban J connectivity index is 2.52. The molecule has 12 heavy (non-hydrogen) atoms. The largest absolute Gasteiger partial charge is 0.330 e. The summed E-state index contributed by atoms with van der Waals surface area (Å²) in [5.74, 6) is 0.566. The molecule has 68 valence electrons. The summed E-state index contributed by atoms with van der Waals surface area (Å²) in [6.07, 6.45) is 5.03. The molecule has 0 saturated carbocycles. The highest BCUT2D eigenvalue weighted by Crippen LogP contribution is 2.11. The first-order valence-electron chi connectivity index (χ1n) is 4.46. The summed E-state index contributed by atoms with van der Waals surface area (Å²) in [5, 5.41) is 4.24. The molecule has 0 spiro atoms. The Hall–Kier alpha value is -0.830. The van der Waals surface area contributed by atoms with Gasteiger partial charge < -0.3 is 5.73 Å². The molecule has 0 aliphatic rings. The van der Waals surface area contributed by atoms with Gasteiger partial charge in [0.25, 0.3) is 0 Å². The van der Waals surface area contributed by atoms with Crippen molar-refractivity contribution in [2.45, 2.75) is 32.7 Å². The number of nitrogens with zero attached hydrogens (tertiary/aromatic N) is 2. The van der Waals surface area contributed by atoms with Gasteiger partial charge in [-0.3, -0.25) is 4.68 Å². The van der Waals surface area contributed by atoms with Crippen molar-refractivity contribution >= 4 is 0 Å². The summed E-state index contributed by atoms with van der Waals surface area (Å²) < 4.78 is 1.96. The fourth-order valence-corrected chi connectivity index (χ4v) is 1.05. The first-order chi connectivity index (χ1) is 5.74. The van der Waals surface area contributed by atoms with E-state index in [4.69, 9.17) is 5.73 Å². The topological polar surface area (TPSA) is 43.8 Å². The lowest BCUT2D eigenvalue weighted by Gasteiger charge is -1.99. The maximum Gasteiger partial charge on any atom is 0.0524 e. The van der Waals surface area contributed by atoms with Crippen LogP contribution in [0.4, 0.5) is 0 Å². The third-order valence-electron chi connectivity index (χ3n) is 1.91. The molecule has 0 amide bonds. The third kappa shape index (κ3) is 2.34. The second-order valence-corrected chi connectivity index (χ2v) is 3.33. The van der Waals surface area contributed by atoms with Crippen LogP contribution in [-0.2, 0) is 6.54 Å². The highest BCUT2D eigenvalue weighted by atomic mass is 15.3. The molecule has 3 heteroatoms. The maximum atomic E-state index is 5.40. The Labute approximate surface area is 73.6 Å². The Kier molecular flexibility index (Phi) is 3.29. The molecular formula is C9H17N3. The SMILES string of the molecule is CC(C)c1cnn(CCCN)c1. The molecule has 0 aliphatic carbocycles. The van der Waals surface area contributed by atoms with Crippen molar-refractivity contribution in [3.63, 3.8) is 0 Å². The minimum atomic E-state index is 0.566. The predicted molar refractivity (Wildman–Crippen MR) is 50.0 cm³/mol. The predicted octanol–water partition coefficient (Wildman–Crippen LogP) is 1.36. The molecular weight excluding hydrogens is 150 g/mol. The molecule has 1 rings (SSSR count). The molecule has 0 fully saturated rings. The van der Waals surface area contributed by atoms with Gasteiger partial charge in [0.15, 0.2) is 0 Å². The minimum Gasteiger partial charge on any atom is -0.330 e. The molecule has 1 heterocycles. The molecule has 0 bridgehead atoms. The van der Waals surface area contributed by atoms with Gasteiger partial charge in [-0.2, -0.15) is 5.10 Å². The van der Waals surface area contributed by atoms with Gasteiger partial charge in [0.05, 0.1) is 6.20 Å². The summed E-state index contributed by atoms with van der Waals surface area (Å²) in [6.45, 7) is 6.01. The van der Waals surface area contributed by atoms with Crippen LogP contribution >= 0.6 is 0 Å². The van der Waals surface area contributed by atoms with Crippen LogP contribution in [0.25, 0.3) is 0 Å². The van der Waals surface area contributed by atoms with Gasteiger partial charge in [-0.05, 0) is 24.4 Å². The third-order valence-corrected chi connectivity index (χ3v) is 1.91. The molecule has 1 aromatic heterocycles. The van der Waals surface area contributed by atoms with Gasteiger partial charge in [-0.15, -0.1) is 0 Å². The normalized spacial score (nSPS) is 11.0. The van der Waals surface area contributed by atoms with Crippen molar-refractivity contribution in [3.8, 4) is 0 Å². The molecule has 0 aliphatic heterocycles. The second-order valence-electron chi connectivity index (χ2n) is 3.33. The van der Waals surface area contributed by atoms with Crippen LogP contribution in [-0.4, -0.2) is 16.3 Å². The fraction of sp³-hybridized carbons (Fsp3) is 0.667. The molecule has 1 aromatic rings. The number of hydrogen-bond donors (Lipinski definition) is 1. The lowest BCUT2D eigenvalue weighted by molar-refractivity contribution is 0.584. The molecule has 3 nitrogen and oxygen atoms in total. The van der Waals surface area contributed by atoms with E-state index in [2.05, 4.69) is 25.1 Å². The second kappa shape index (κ2) is 4.26. The van der Waals surface area contributed by atoms with Crippen LogP contribution in [0.15, 0.2) is 12.4 Å². The van der Waals surface area contributed by atoms with Gasteiger partial charge >= 0.3 is 0 Å². The van der Waals surface area contributed by atoms with Gasteiger partial charge in [-0.25, -0.2) is 0 Å². The quantitative estimate of drug-likeness (QED) is 0.735. The first-order valence-corrected chi connectivity index (χ1v) is 4.46. The van der Waals surface area contributed by atoms with Gasteiger partial charge in [0.1, 0.15) is 0 Å². The molecule has 0 unspecified atom stereocenters. The summed E-state index contributed by atoms with van der Waals surface area (Å²) in [7, 11) is 0. The van der Waals surface area contributed by atoms with Crippen LogP contribution in [0.1, 0.15) is 31.7 Å². The first kappa shape index (κ1) is 9.26. The zero-order valence-corrected chi connectivity index (χ0v) is 7.83. The van der Waals surface area contributed by atoms with E-state index in [0.717, 1.165) is 19.5 Å². The van der Waals surface area contributed by atoms with E-state index in [0.29, 0.717) is 5.92 Å². The van der Waals surface area contributed by atoms with Crippen molar-refractivity contribution in [2.75, 3.05) is 6.54 Å².